The number of cyclic esters (lactones) is 1. The number of carbonyl (C=O) groups is 3. The number of imide groups is 1. The number of rotatable bonds is 37. The van der Waals surface area contributed by atoms with Gasteiger partial charge in [0.15, 0.2) is 17.5 Å². The fraction of sp³-hybridized carbons (Fsp3) is 0.621. The highest BCUT2D eigenvalue weighted by molar-refractivity contribution is 7.99. The molecule has 3 amide bonds. The molecule has 2 aliphatic heterocycles. The summed E-state index contributed by atoms with van der Waals surface area (Å²) in [6.45, 7) is 13.2. The average molecular weight is 1050 g/mol. The second-order valence-corrected chi connectivity index (χ2v) is 23.0. The SMILES string of the molecule is CCCCCCCCCCCCOCCCN1C(C(C(=O)Nc2cc(C)ccc2Sc2cc(OCCCCCCCC)ccc2OCCCCCCCC)N2C(=O)OC(C)(C)C2=O)=Nc2ccccc2S1(=O)=O. The first-order chi connectivity index (χ1) is 35.3. The van der Waals surface area contributed by atoms with Crippen LogP contribution in [0.25, 0.3) is 0 Å². The number of amidine groups is 1. The summed E-state index contributed by atoms with van der Waals surface area (Å²) < 4.78 is 54.6. The summed E-state index contributed by atoms with van der Waals surface area (Å²) in [6.07, 6.45) is 24.9. The van der Waals surface area contributed by atoms with Crippen molar-refractivity contribution in [1.82, 2.24) is 9.21 Å². The van der Waals surface area contributed by atoms with Crippen LogP contribution in [0.3, 0.4) is 0 Å². The van der Waals surface area contributed by atoms with Crippen LogP contribution in [0.5, 0.6) is 11.5 Å². The van der Waals surface area contributed by atoms with Crippen molar-refractivity contribution in [2.45, 2.75) is 216 Å². The molecule has 1 N–H and O–H groups in total. The maximum absolute atomic E-state index is 15.2. The van der Waals surface area contributed by atoms with Gasteiger partial charge < -0.3 is 24.3 Å². The Labute approximate surface area is 442 Å². The fourth-order valence-electron chi connectivity index (χ4n) is 9.05. The summed E-state index contributed by atoms with van der Waals surface area (Å²) >= 11 is 1.39. The van der Waals surface area contributed by atoms with Crippen LogP contribution < -0.4 is 14.8 Å². The Balaban J connectivity index is 1.39. The highest BCUT2D eigenvalue weighted by atomic mass is 32.2. The van der Waals surface area contributed by atoms with E-state index in [0.717, 1.165) is 66.1 Å². The third-order valence-electron chi connectivity index (χ3n) is 13.3. The van der Waals surface area contributed by atoms with Gasteiger partial charge in [0.05, 0.1) is 29.5 Å². The number of fused-ring (bicyclic) bond motifs is 1. The number of hydrogen-bond donors (Lipinski definition) is 1. The molecule has 2 aliphatic rings. The number of hydrogen-bond acceptors (Lipinski definition) is 11. The molecule has 0 aromatic heterocycles. The lowest BCUT2D eigenvalue weighted by molar-refractivity contribution is -0.137. The van der Waals surface area contributed by atoms with Crippen molar-refractivity contribution in [2.75, 3.05) is 38.3 Å². The normalized spacial score (nSPS) is 15.2. The third kappa shape index (κ3) is 18.3. The first-order valence-corrected chi connectivity index (χ1v) is 29.9. The van der Waals surface area contributed by atoms with Crippen LogP contribution in [-0.2, 0) is 29.1 Å². The summed E-state index contributed by atoms with van der Waals surface area (Å²) in [4.78, 5) is 50.1. The predicted octanol–water partition coefficient (Wildman–Crippen LogP) is 14.8. The highest BCUT2D eigenvalue weighted by Gasteiger charge is 2.55. The molecule has 3 aromatic carbocycles. The third-order valence-corrected chi connectivity index (χ3v) is 16.3. The van der Waals surface area contributed by atoms with Crippen LogP contribution in [0.1, 0.15) is 188 Å². The lowest BCUT2D eigenvalue weighted by atomic mass is 10.1. The molecule has 5 rings (SSSR count). The van der Waals surface area contributed by atoms with E-state index in [4.69, 9.17) is 23.9 Å². The lowest BCUT2D eigenvalue weighted by Crippen LogP contribution is -2.59. The van der Waals surface area contributed by atoms with Crippen molar-refractivity contribution in [3.05, 3.63) is 66.2 Å². The van der Waals surface area contributed by atoms with E-state index in [0.29, 0.717) is 46.8 Å². The standard InChI is InChI=1S/C58H86N4O9S2/c1-7-10-13-16-19-20-21-22-23-28-39-68-40-31-38-61-54(59-47-32-26-27-33-52(47)73(61,66)67)53(62-56(64)58(5,6)71-57(62)65)55(63)60-48-43-45(4)34-37-50(48)72-51-44-46(69-41-29-24-17-14-11-8-2)35-36-49(51)70-42-30-25-18-15-12-9-3/h26-27,32-37,43-44,53H,7-25,28-31,38-42H2,1-6H3,(H,60,63). The van der Waals surface area contributed by atoms with Gasteiger partial charge in [0.2, 0.25) is 0 Å². The number of anilines is 1. The van der Waals surface area contributed by atoms with Crippen molar-refractivity contribution < 1.29 is 41.7 Å². The number of aryl methyl sites for hydroxylation is 1. The number of sulfonamides is 1. The zero-order valence-electron chi connectivity index (χ0n) is 45.0. The first-order valence-electron chi connectivity index (χ1n) is 27.7. The van der Waals surface area contributed by atoms with E-state index in [2.05, 4.69) is 26.1 Å². The molecule has 73 heavy (non-hydrogen) atoms. The van der Waals surface area contributed by atoms with Crippen molar-refractivity contribution in [3.8, 4) is 11.5 Å². The fourth-order valence-corrected chi connectivity index (χ4v) is 11.7. The summed E-state index contributed by atoms with van der Waals surface area (Å²) in [5.74, 6) is -0.564. The van der Waals surface area contributed by atoms with Crippen molar-refractivity contribution in [2.24, 2.45) is 4.99 Å². The maximum Gasteiger partial charge on any atom is 0.418 e. The molecule has 15 heteroatoms. The summed E-state index contributed by atoms with van der Waals surface area (Å²) in [5.41, 5.74) is -0.337. The molecular formula is C58H86N4O9S2. The molecule has 2 heterocycles. The number of nitrogens with one attached hydrogen (secondary N) is 1. The Hall–Kier alpha value is -4.60. The zero-order valence-corrected chi connectivity index (χ0v) is 46.6. The van der Waals surface area contributed by atoms with Gasteiger partial charge in [-0.2, -0.15) is 0 Å². The molecule has 0 saturated carbocycles. The number of amides is 3. The van der Waals surface area contributed by atoms with Gasteiger partial charge in [0.1, 0.15) is 16.4 Å². The Bertz CT molecular complexity index is 2340. The maximum atomic E-state index is 15.2. The van der Waals surface area contributed by atoms with Gasteiger partial charge in [-0.15, -0.1) is 0 Å². The quantitative estimate of drug-likeness (QED) is 0.0552. The van der Waals surface area contributed by atoms with E-state index in [1.807, 2.05) is 37.3 Å². The van der Waals surface area contributed by atoms with Gasteiger partial charge in [-0.1, -0.05) is 173 Å². The Morgan fingerprint density at radius 3 is 1.85 bits per heavy atom. The molecule has 1 saturated heterocycles. The average Bonchev–Trinajstić information content (AvgIpc) is 3.56. The Morgan fingerprint density at radius 2 is 1.25 bits per heavy atom. The monoisotopic (exact) mass is 1050 g/mol. The zero-order chi connectivity index (χ0) is 52.5. The molecule has 0 bridgehead atoms. The minimum absolute atomic E-state index is 0.0510. The second kappa shape index (κ2) is 31.3. The molecule has 1 fully saturated rings. The molecule has 404 valence electrons. The Morgan fingerprint density at radius 1 is 0.685 bits per heavy atom. The van der Waals surface area contributed by atoms with Gasteiger partial charge in [-0.05, 0) is 94.5 Å². The summed E-state index contributed by atoms with van der Waals surface area (Å²) in [7, 11) is -4.34. The predicted molar refractivity (Wildman–Crippen MR) is 294 cm³/mol. The van der Waals surface area contributed by atoms with E-state index >= 15 is 4.79 Å². The van der Waals surface area contributed by atoms with Crippen molar-refractivity contribution >= 4 is 56.9 Å². The first kappa shape index (κ1) is 59.3. The van der Waals surface area contributed by atoms with Gasteiger partial charge in [-0.3, -0.25) is 13.9 Å². The van der Waals surface area contributed by atoms with Crippen LogP contribution in [0.4, 0.5) is 16.2 Å². The molecule has 1 atom stereocenters. The number of benzene rings is 3. The number of ether oxygens (including phenoxy) is 4. The summed E-state index contributed by atoms with van der Waals surface area (Å²) in [5, 5.41) is 3.02. The smallest absolute Gasteiger partial charge is 0.418 e. The molecule has 3 aromatic rings. The second-order valence-electron chi connectivity index (χ2n) is 20.1. The lowest BCUT2D eigenvalue weighted by Gasteiger charge is -2.35. The highest BCUT2D eigenvalue weighted by Crippen LogP contribution is 2.42. The van der Waals surface area contributed by atoms with E-state index in [9.17, 15) is 18.0 Å². The minimum atomic E-state index is -4.34. The van der Waals surface area contributed by atoms with Gasteiger partial charge in [-0.25, -0.2) is 23.1 Å². The molecule has 0 spiro atoms. The largest absolute Gasteiger partial charge is 0.494 e. The number of unbranched alkanes of at least 4 members (excludes halogenated alkanes) is 19. The van der Waals surface area contributed by atoms with Crippen LogP contribution in [0, 0.1) is 6.92 Å². The van der Waals surface area contributed by atoms with Gasteiger partial charge in [0.25, 0.3) is 21.8 Å². The van der Waals surface area contributed by atoms with E-state index in [-0.39, 0.29) is 36.0 Å². The van der Waals surface area contributed by atoms with Crippen LogP contribution >= 0.6 is 11.8 Å². The van der Waals surface area contributed by atoms with Gasteiger partial charge >= 0.3 is 6.09 Å². The van der Waals surface area contributed by atoms with Crippen molar-refractivity contribution in [3.63, 3.8) is 0 Å². The summed E-state index contributed by atoms with van der Waals surface area (Å²) in [6, 6.07) is 15.9. The van der Waals surface area contributed by atoms with Gasteiger partial charge in [0, 0.05) is 24.7 Å². The molecule has 0 aliphatic carbocycles. The minimum Gasteiger partial charge on any atom is -0.494 e. The van der Waals surface area contributed by atoms with Crippen LogP contribution in [0.15, 0.2) is 80.3 Å². The molecule has 1 unspecified atom stereocenters. The number of nitrogens with zero attached hydrogens (tertiary/aromatic N) is 3. The topological polar surface area (TPSA) is 153 Å². The molecular weight excluding hydrogens is 961 g/mol. The Kier molecular flexibility index (Phi) is 25.4. The molecule has 0 radical (unpaired) electrons. The molecule has 13 nitrogen and oxygen atoms in total. The van der Waals surface area contributed by atoms with Crippen molar-refractivity contribution in [1.29, 1.82) is 0 Å². The number of para-hydroxylation sites is 1. The number of aliphatic imine (C=N–C) groups is 1. The van der Waals surface area contributed by atoms with Crippen LogP contribution in [0.2, 0.25) is 0 Å². The van der Waals surface area contributed by atoms with Crippen LogP contribution in [-0.4, -0.2) is 86.0 Å². The van der Waals surface area contributed by atoms with E-state index < -0.39 is 39.6 Å². The van der Waals surface area contributed by atoms with E-state index in [1.54, 1.807) is 18.2 Å². The number of carbonyl (C=O) groups excluding carboxylic acids is 3. The van der Waals surface area contributed by atoms with E-state index in [1.165, 1.54) is 128 Å².